The molecule has 0 saturated carbocycles. The van der Waals surface area contributed by atoms with E-state index in [1.165, 1.54) is 0 Å². The van der Waals surface area contributed by atoms with Crippen molar-refractivity contribution in [1.29, 1.82) is 0 Å². The van der Waals surface area contributed by atoms with Crippen LogP contribution >= 0.6 is 11.6 Å². The Hall–Kier alpha value is -2.99. The Labute approximate surface area is 156 Å². The van der Waals surface area contributed by atoms with Crippen LogP contribution in [-0.2, 0) is 6.54 Å². The summed E-state index contributed by atoms with van der Waals surface area (Å²) < 4.78 is 10.7. The number of benzene rings is 2. The molecule has 0 amide bonds. The Bertz CT molecular complexity index is 949. The third kappa shape index (κ3) is 3.65. The van der Waals surface area contributed by atoms with Crippen molar-refractivity contribution in [2.45, 2.75) is 13.5 Å². The summed E-state index contributed by atoms with van der Waals surface area (Å²) >= 11 is 6.20. The van der Waals surface area contributed by atoms with Crippen LogP contribution < -0.4 is 20.1 Å². The van der Waals surface area contributed by atoms with Gasteiger partial charge in [-0.1, -0.05) is 29.8 Å². The summed E-state index contributed by atoms with van der Waals surface area (Å²) in [6, 6.07) is 15.3. The van der Waals surface area contributed by atoms with E-state index >= 15 is 0 Å². The zero-order valence-corrected chi connectivity index (χ0v) is 14.9. The lowest BCUT2D eigenvalue weighted by atomic mass is 10.2. The van der Waals surface area contributed by atoms with E-state index in [1.54, 1.807) is 0 Å². The van der Waals surface area contributed by atoms with E-state index in [4.69, 9.17) is 21.1 Å². The van der Waals surface area contributed by atoms with Crippen molar-refractivity contribution < 1.29 is 9.47 Å². The van der Waals surface area contributed by atoms with Crippen LogP contribution in [0, 0.1) is 6.92 Å². The fourth-order valence-electron chi connectivity index (χ4n) is 2.67. The van der Waals surface area contributed by atoms with E-state index in [1.807, 2.05) is 55.5 Å². The van der Waals surface area contributed by atoms with Crippen molar-refractivity contribution in [1.82, 2.24) is 9.97 Å². The molecule has 0 aliphatic carbocycles. The Kier molecular flexibility index (Phi) is 4.50. The van der Waals surface area contributed by atoms with Crippen molar-refractivity contribution >= 4 is 28.9 Å². The molecule has 0 radical (unpaired) electrons. The maximum atomic E-state index is 6.20. The molecule has 6 nitrogen and oxygen atoms in total. The molecule has 0 saturated heterocycles. The highest BCUT2D eigenvalue weighted by Crippen LogP contribution is 2.32. The number of aryl methyl sites for hydroxylation is 1. The van der Waals surface area contributed by atoms with Gasteiger partial charge in [-0.2, -0.15) is 0 Å². The largest absolute Gasteiger partial charge is 0.454 e. The molecule has 0 atom stereocenters. The maximum Gasteiger partial charge on any atom is 0.231 e. The highest BCUT2D eigenvalue weighted by molar-refractivity contribution is 6.33. The second kappa shape index (κ2) is 7.09. The van der Waals surface area contributed by atoms with Gasteiger partial charge in [-0.15, -0.1) is 0 Å². The Morgan fingerprint density at radius 3 is 2.69 bits per heavy atom. The lowest BCUT2D eigenvalue weighted by Gasteiger charge is -2.11. The monoisotopic (exact) mass is 368 g/mol. The summed E-state index contributed by atoms with van der Waals surface area (Å²) in [4.78, 5) is 8.85. The quantitative estimate of drug-likeness (QED) is 0.690. The minimum atomic E-state index is 0.272. The first kappa shape index (κ1) is 16.5. The van der Waals surface area contributed by atoms with Crippen molar-refractivity contribution in [3.05, 3.63) is 64.9 Å². The highest BCUT2D eigenvalue weighted by atomic mass is 35.5. The summed E-state index contributed by atoms with van der Waals surface area (Å²) in [7, 11) is 0. The van der Waals surface area contributed by atoms with Gasteiger partial charge >= 0.3 is 0 Å². The number of anilines is 3. The number of ether oxygens (including phenoxy) is 2. The van der Waals surface area contributed by atoms with Crippen LogP contribution in [0.3, 0.4) is 0 Å². The zero-order chi connectivity index (χ0) is 17.9. The van der Waals surface area contributed by atoms with E-state index in [0.717, 1.165) is 28.6 Å². The minimum absolute atomic E-state index is 0.272. The van der Waals surface area contributed by atoms with E-state index in [2.05, 4.69) is 20.6 Å². The normalized spacial score (nSPS) is 12.1. The van der Waals surface area contributed by atoms with Gasteiger partial charge in [0.2, 0.25) is 6.79 Å². The number of hydrogen-bond donors (Lipinski definition) is 2. The predicted octanol–water partition coefficient (Wildman–Crippen LogP) is 4.52. The van der Waals surface area contributed by atoms with E-state index in [-0.39, 0.29) is 6.79 Å². The maximum absolute atomic E-state index is 6.20. The number of nitrogens with zero attached hydrogens (tertiary/aromatic N) is 2. The first-order valence-electron chi connectivity index (χ1n) is 8.17. The smallest absolute Gasteiger partial charge is 0.231 e. The number of para-hydroxylation sites is 1. The molecule has 1 aliphatic heterocycles. The zero-order valence-electron chi connectivity index (χ0n) is 14.1. The molecule has 7 heteroatoms. The van der Waals surface area contributed by atoms with Gasteiger partial charge in [0, 0.05) is 12.6 Å². The van der Waals surface area contributed by atoms with Crippen LogP contribution in [0.25, 0.3) is 0 Å². The van der Waals surface area contributed by atoms with Crippen molar-refractivity contribution in [2.75, 3.05) is 17.4 Å². The molecule has 4 rings (SSSR count). The molecule has 2 N–H and O–H groups in total. The Balaban J connectivity index is 1.48. The number of hydrogen-bond acceptors (Lipinski definition) is 6. The molecule has 1 aromatic heterocycles. The van der Waals surface area contributed by atoms with Crippen LogP contribution in [-0.4, -0.2) is 16.8 Å². The van der Waals surface area contributed by atoms with Crippen LogP contribution in [0.5, 0.6) is 11.5 Å². The average Bonchev–Trinajstić information content (AvgIpc) is 3.09. The summed E-state index contributed by atoms with van der Waals surface area (Å²) in [5, 5.41) is 7.18. The summed E-state index contributed by atoms with van der Waals surface area (Å²) in [6.45, 7) is 2.73. The van der Waals surface area contributed by atoms with Gasteiger partial charge in [0.1, 0.15) is 17.5 Å². The molecule has 132 valence electrons. The molecular weight excluding hydrogens is 352 g/mol. The highest BCUT2D eigenvalue weighted by Gasteiger charge is 2.13. The summed E-state index contributed by atoms with van der Waals surface area (Å²) in [5.74, 6) is 3.61. The first-order valence-corrected chi connectivity index (χ1v) is 8.55. The van der Waals surface area contributed by atoms with Gasteiger partial charge in [-0.3, -0.25) is 0 Å². The number of aromatic nitrogens is 2. The number of rotatable bonds is 5. The van der Waals surface area contributed by atoms with Gasteiger partial charge in [0.25, 0.3) is 0 Å². The molecule has 0 fully saturated rings. The second-order valence-corrected chi connectivity index (χ2v) is 6.24. The summed E-state index contributed by atoms with van der Waals surface area (Å²) in [5.41, 5.74) is 1.88. The second-order valence-electron chi connectivity index (χ2n) is 5.83. The number of nitrogens with one attached hydrogen (secondary N) is 2. The minimum Gasteiger partial charge on any atom is -0.454 e. The van der Waals surface area contributed by atoms with Gasteiger partial charge in [0.15, 0.2) is 11.5 Å². The Morgan fingerprint density at radius 1 is 1.00 bits per heavy atom. The topological polar surface area (TPSA) is 68.3 Å². The average molecular weight is 369 g/mol. The summed E-state index contributed by atoms with van der Waals surface area (Å²) in [6.07, 6.45) is 0. The van der Waals surface area contributed by atoms with Crippen molar-refractivity contribution in [3.8, 4) is 11.5 Å². The molecule has 1 aliphatic rings. The molecule has 0 unspecified atom stereocenters. The molecule has 3 aromatic rings. The number of halogens is 1. The van der Waals surface area contributed by atoms with Crippen molar-refractivity contribution in [2.24, 2.45) is 0 Å². The lowest BCUT2D eigenvalue weighted by Crippen LogP contribution is -2.05. The lowest BCUT2D eigenvalue weighted by molar-refractivity contribution is 0.174. The van der Waals surface area contributed by atoms with Gasteiger partial charge in [-0.05, 0) is 36.8 Å². The molecular formula is C19H17ClN4O2. The molecule has 0 bridgehead atoms. The third-order valence-electron chi connectivity index (χ3n) is 3.89. The number of fused-ring (bicyclic) bond motifs is 1. The molecule has 2 aromatic carbocycles. The standard InChI is InChI=1S/C19H17ClN4O2/c1-12-22-18(9-19(23-12)24-15-5-3-2-4-14(15)20)21-10-13-6-7-16-17(8-13)26-11-25-16/h2-9H,10-11H2,1H3,(H2,21,22,23,24). The molecule has 0 spiro atoms. The van der Waals surface area contributed by atoms with Crippen LogP contribution in [0.15, 0.2) is 48.5 Å². The van der Waals surface area contributed by atoms with E-state index in [0.29, 0.717) is 23.2 Å². The third-order valence-corrected chi connectivity index (χ3v) is 4.21. The fraction of sp³-hybridized carbons (Fsp3) is 0.158. The van der Waals surface area contributed by atoms with Gasteiger partial charge in [-0.25, -0.2) is 9.97 Å². The van der Waals surface area contributed by atoms with Crippen molar-refractivity contribution in [3.63, 3.8) is 0 Å². The van der Waals surface area contributed by atoms with Gasteiger partial charge < -0.3 is 20.1 Å². The first-order chi connectivity index (χ1) is 12.7. The predicted molar refractivity (Wildman–Crippen MR) is 101 cm³/mol. The van der Waals surface area contributed by atoms with Crippen LogP contribution in [0.2, 0.25) is 5.02 Å². The van der Waals surface area contributed by atoms with E-state index < -0.39 is 0 Å². The fourth-order valence-corrected chi connectivity index (χ4v) is 2.85. The Morgan fingerprint density at radius 2 is 1.81 bits per heavy atom. The van der Waals surface area contributed by atoms with Crippen LogP contribution in [0.1, 0.15) is 11.4 Å². The SMILES string of the molecule is Cc1nc(NCc2ccc3c(c2)OCO3)cc(Nc2ccccc2Cl)n1. The van der Waals surface area contributed by atoms with E-state index in [9.17, 15) is 0 Å². The van der Waals surface area contributed by atoms with Crippen LogP contribution in [0.4, 0.5) is 17.3 Å². The molecule has 2 heterocycles. The molecule has 26 heavy (non-hydrogen) atoms. The van der Waals surface area contributed by atoms with Gasteiger partial charge in [0.05, 0.1) is 10.7 Å².